The first kappa shape index (κ1) is 19.3. The molecule has 0 saturated carbocycles. The highest BCUT2D eigenvalue weighted by Gasteiger charge is 2.29. The van der Waals surface area contributed by atoms with Crippen LogP contribution in [-0.4, -0.2) is 40.4 Å². The number of aryl methyl sites for hydroxylation is 1. The van der Waals surface area contributed by atoms with Crippen LogP contribution < -0.4 is 16.0 Å². The van der Waals surface area contributed by atoms with Crippen molar-refractivity contribution in [2.75, 3.05) is 23.7 Å². The summed E-state index contributed by atoms with van der Waals surface area (Å²) in [5, 5.41) is 2.97. The van der Waals surface area contributed by atoms with E-state index in [1.54, 1.807) is 0 Å². The number of amides is 1. The Morgan fingerprint density at radius 2 is 2.07 bits per heavy atom. The van der Waals surface area contributed by atoms with Gasteiger partial charge in [0.25, 0.3) is 0 Å². The van der Waals surface area contributed by atoms with Crippen LogP contribution in [0.2, 0.25) is 0 Å². The molecule has 1 atom stereocenters. The fourth-order valence-corrected chi connectivity index (χ4v) is 3.68. The number of anilines is 2. The first-order valence-corrected chi connectivity index (χ1v) is 9.56. The average Bonchev–Trinajstić information content (AvgIpc) is 3.10. The number of hydrogen-bond acceptors (Lipinski definition) is 5. The maximum Gasteiger partial charge on any atom is 0.407 e. The Labute approximate surface area is 160 Å². The Kier molecular flexibility index (Phi) is 4.97. The van der Waals surface area contributed by atoms with Gasteiger partial charge in [0.15, 0.2) is 0 Å². The van der Waals surface area contributed by atoms with E-state index in [1.807, 2.05) is 40.0 Å². The topological polar surface area (TPSA) is 85.4 Å². The van der Waals surface area contributed by atoms with Crippen LogP contribution in [0.4, 0.5) is 16.2 Å². The van der Waals surface area contributed by atoms with Gasteiger partial charge in [0.05, 0.1) is 22.9 Å². The number of fused-ring (bicyclic) bond motifs is 1. The van der Waals surface area contributed by atoms with Gasteiger partial charge in [-0.25, -0.2) is 9.78 Å². The van der Waals surface area contributed by atoms with Crippen LogP contribution in [0.1, 0.15) is 52.8 Å². The van der Waals surface area contributed by atoms with Gasteiger partial charge < -0.3 is 25.3 Å². The number of nitrogens with zero attached hydrogens (tertiary/aromatic N) is 3. The Hall–Kier alpha value is -2.44. The number of nitrogens with two attached hydrogens (primary N) is 1. The van der Waals surface area contributed by atoms with Crippen molar-refractivity contribution in [2.45, 2.75) is 58.6 Å². The molecule has 0 spiro atoms. The third-order valence-electron chi connectivity index (χ3n) is 4.83. The fraction of sp³-hybridized carbons (Fsp3) is 0.600. The van der Waals surface area contributed by atoms with Crippen molar-refractivity contribution in [3.63, 3.8) is 0 Å². The molecule has 1 aromatic carbocycles. The molecule has 2 heterocycles. The molecule has 2 aromatic rings. The quantitative estimate of drug-likeness (QED) is 0.806. The highest BCUT2D eigenvalue weighted by atomic mass is 16.6. The highest BCUT2D eigenvalue weighted by molar-refractivity contribution is 5.96. The Morgan fingerprint density at radius 3 is 2.70 bits per heavy atom. The van der Waals surface area contributed by atoms with Crippen molar-refractivity contribution in [3.8, 4) is 0 Å². The second-order valence-electron chi connectivity index (χ2n) is 8.63. The van der Waals surface area contributed by atoms with E-state index >= 15 is 0 Å². The molecule has 7 nitrogen and oxygen atoms in total. The normalized spacial score (nSPS) is 17.7. The van der Waals surface area contributed by atoms with E-state index in [2.05, 4.69) is 28.6 Å². The molecule has 1 saturated heterocycles. The minimum atomic E-state index is -0.500. The van der Waals surface area contributed by atoms with Gasteiger partial charge in [-0.05, 0) is 39.3 Å². The summed E-state index contributed by atoms with van der Waals surface area (Å²) in [5.74, 6) is 1.37. The van der Waals surface area contributed by atoms with E-state index in [0.29, 0.717) is 18.2 Å². The number of ether oxygens (including phenoxy) is 1. The molecule has 1 amide bonds. The first-order chi connectivity index (χ1) is 12.6. The van der Waals surface area contributed by atoms with E-state index in [1.165, 1.54) is 0 Å². The Balaban J connectivity index is 1.83. The van der Waals surface area contributed by atoms with Gasteiger partial charge in [0.1, 0.15) is 16.9 Å². The van der Waals surface area contributed by atoms with Crippen LogP contribution in [0.25, 0.3) is 11.0 Å². The molecule has 0 aliphatic carbocycles. The molecule has 1 aliphatic heterocycles. The molecule has 1 fully saturated rings. The maximum absolute atomic E-state index is 12.1. The van der Waals surface area contributed by atoms with Gasteiger partial charge in [-0.2, -0.15) is 0 Å². The van der Waals surface area contributed by atoms with Crippen LogP contribution in [0, 0.1) is 0 Å². The second-order valence-corrected chi connectivity index (χ2v) is 8.63. The van der Waals surface area contributed by atoms with E-state index in [4.69, 9.17) is 15.5 Å². The molecule has 148 valence electrons. The zero-order valence-electron chi connectivity index (χ0n) is 17.2. The number of hydrogen-bond donors (Lipinski definition) is 2. The number of carbonyl (C=O) groups excluding carboxylic acids is 1. The minimum absolute atomic E-state index is 0.0304. The van der Waals surface area contributed by atoms with E-state index in [0.717, 1.165) is 35.5 Å². The molecule has 3 rings (SSSR count). The third kappa shape index (κ3) is 3.96. The lowest BCUT2D eigenvalue weighted by atomic mass is 10.2. The van der Waals surface area contributed by atoms with E-state index in [-0.39, 0.29) is 12.1 Å². The number of imidazole rings is 1. The predicted molar refractivity (Wildman–Crippen MR) is 109 cm³/mol. The summed E-state index contributed by atoms with van der Waals surface area (Å²) in [6.07, 6.45) is 0.472. The summed E-state index contributed by atoms with van der Waals surface area (Å²) < 4.78 is 7.51. The van der Waals surface area contributed by atoms with Crippen molar-refractivity contribution in [1.29, 1.82) is 0 Å². The van der Waals surface area contributed by atoms with Gasteiger partial charge in [-0.15, -0.1) is 0 Å². The molecule has 7 heteroatoms. The van der Waals surface area contributed by atoms with Gasteiger partial charge >= 0.3 is 6.09 Å². The summed E-state index contributed by atoms with van der Waals surface area (Å²) in [7, 11) is 2.04. The van der Waals surface area contributed by atoms with Gasteiger partial charge in [0, 0.05) is 26.1 Å². The van der Waals surface area contributed by atoms with Gasteiger partial charge in [0.2, 0.25) is 0 Å². The lowest BCUT2D eigenvalue weighted by molar-refractivity contribution is 0.0509. The Morgan fingerprint density at radius 1 is 1.37 bits per heavy atom. The van der Waals surface area contributed by atoms with E-state index in [9.17, 15) is 4.79 Å². The number of benzene rings is 1. The Bertz CT molecular complexity index is 850. The standard InChI is InChI=1S/C20H31N5O2/c1-12(2)18-23-16-15(24(18)6)8-7-14(21)17(16)25-10-9-13(11-25)22-19(26)27-20(3,4)5/h7-8,12-13H,9-11,21H2,1-6H3,(H,22,26)/t13-/m1/s1. The molecule has 3 N–H and O–H groups in total. The molecule has 1 aliphatic rings. The zero-order valence-corrected chi connectivity index (χ0v) is 17.2. The first-order valence-electron chi connectivity index (χ1n) is 9.56. The van der Waals surface area contributed by atoms with Crippen molar-refractivity contribution >= 4 is 28.5 Å². The molecule has 0 unspecified atom stereocenters. The van der Waals surface area contributed by atoms with Crippen molar-refractivity contribution in [2.24, 2.45) is 7.05 Å². The number of nitrogen functional groups attached to an aromatic ring is 1. The van der Waals surface area contributed by atoms with E-state index < -0.39 is 5.60 Å². The SMILES string of the molecule is CC(C)c1nc2c(N3CC[C@@H](NC(=O)OC(C)(C)C)C3)c(N)ccc2n1C. The fourth-order valence-electron chi connectivity index (χ4n) is 3.68. The highest BCUT2D eigenvalue weighted by Crippen LogP contribution is 2.35. The third-order valence-corrected chi connectivity index (χ3v) is 4.83. The molecule has 0 radical (unpaired) electrons. The van der Waals surface area contributed by atoms with Crippen molar-refractivity contribution in [1.82, 2.24) is 14.9 Å². The number of aromatic nitrogens is 2. The molecular formula is C20H31N5O2. The van der Waals surface area contributed by atoms with Gasteiger partial charge in [-0.1, -0.05) is 13.8 Å². The van der Waals surface area contributed by atoms with Gasteiger partial charge in [-0.3, -0.25) is 0 Å². The number of carbonyl (C=O) groups is 1. The summed E-state index contributed by atoms with van der Waals surface area (Å²) in [5.41, 5.74) is 9.51. The molecular weight excluding hydrogens is 342 g/mol. The summed E-state index contributed by atoms with van der Waals surface area (Å²) in [6, 6.07) is 4.00. The smallest absolute Gasteiger partial charge is 0.407 e. The van der Waals surface area contributed by atoms with Crippen LogP contribution in [0.5, 0.6) is 0 Å². The van der Waals surface area contributed by atoms with Crippen LogP contribution in [0.3, 0.4) is 0 Å². The van der Waals surface area contributed by atoms with Crippen molar-refractivity contribution < 1.29 is 9.53 Å². The van der Waals surface area contributed by atoms with Crippen LogP contribution in [0.15, 0.2) is 12.1 Å². The monoisotopic (exact) mass is 373 g/mol. The van der Waals surface area contributed by atoms with Crippen LogP contribution >= 0.6 is 0 Å². The van der Waals surface area contributed by atoms with Crippen molar-refractivity contribution in [3.05, 3.63) is 18.0 Å². The number of rotatable bonds is 3. The number of alkyl carbamates (subject to hydrolysis) is 1. The lowest BCUT2D eigenvalue weighted by Crippen LogP contribution is -2.40. The zero-order chi connectivity index (χ0) is 19.9. The predicted octanol–water partition coefficient (Wildman–Crippen LogP) is 3.38. The number of nitrogens with one attached hydrogen (secondary N) is 1. The summed E-state index contributed by atoms with van der Waals surface area (Å²) in [4.78, 5) is 19.2. The summed E-state index contributed by atoms with van der Waals surface area (Å²) >= 11 is 0. The molecule has 27 heavy (non-hydrogen) atoms. The van der Waals surface area contributed by atoms with Crippen LogP contribution in [-0.2, 0) is 11.8 Å². The lowest BCUT2D eigenvalue weighted by Gasteiger charge is -2.23. The molecule has 1 aromatic heterocycles. The second kappa shape index (κ2) is 6.94. The maximum atomic E-state index is 12.1. The molecule has 0 bridgehead atoms. The average molecular weight is 374 g/mol. The largest absolute Gasteiger partial charge is 0.444 e. The summed E-state index contributed by atoms with van der Waals surface area (Å²) in [6.45, 7) is 11.4. The minimum Gasteiger partial charge on any atom is -0.444 e.